The number of nitrogens with one attached hydrogen (secondary N) is 1. The zero-order chi connectivity index (χ0) is 14.0. The molecule has 0 radical (unpaired) electrons. The molecule has 1 aliphatic heterocycles. The van der Waals surface area contributed by atoms with E-state index in [4.69, 9.17) is 11.6 Å². The maximum Gasteiger partial charge on any atom is 0.322 e. The molecule has 0 bridgehead atoms. The van der Waals surface area contributed by atoms with Crippen LogP contribution < -0.4 is 5.32 Å². The lowest BCUT2D eigenvalue weighted by Gasteiger charge is -2.46. The average Bonchev–Trinajstić information content (AvgIpc) is 2.31. The van der Waals surface area contributed by atoms with Crippen molar-refractivity contribution >= 4 is 23.3 Å². The second-order valence-corrected chi connectivity index (χ2v) is 5.63. The predicted octanol–water partition coefficient (Wildman–Crippen LogP) is 3.03. The molecule has 19 heavy (non-hydrogen) atoms. The molecular weight excluding hydrogens is 264 g/mol. The molecule has 104 valence electrons. The molecule has 0 atom stereocenters. The zero-order valence-electron chi connectivity index (χ0n) is 11.2. The Bertz CT molecular complexity index is 484. The largest absolute Gasteiger partial charge is 0.386 e. The molecule has 2 N–H and O–H groups in total. The van der Waals surface area contributed by atoms with E-state index >= 15 is 0 Å². The van der Waals surface area contributed by atoms with Crippen LogP contribution in [0.15, 0.2) is 18.2 Å². The van der Waals surface area contributed by atoms with Crippen molar-refractivity contribution in [2.24, 2.45) is 0 Å². The monoisotopic (exact) mass is 282 g/mol. The van der Waals surface area contributed by atoms with Crippen LogP contribution >= 0.6 is 11.6 Å². The maximum absolute atomic E-state index is 11.9. The number of anilines is 1. The van der Waals surface area contributed by atoms with Crippen LogP contribution in [0.3, 0.4) is 0 Å². The van der Waals surface area contributed by atoms with Gasteiger partial charge in [0.25, 0.3) is 0 Å². The molecule has 0 aromatic heterocycles. The van der Waals surface area contributed by atoms with E-state index in [1.165, 1.54) is 0 Å². The Morgan fingerprint density at radius 3 is 2.79 bits per heavy atom. The van der Waals surface area contributed by atoms with Crippen LogP contribution in [0.25, 0.3) is 0 Å². The van der Waals surface area contributed by atoms with Gasteiger partial charge in [0.1, 0.15) is 0 Å². The fourth-order valence-corrected chi connectivity index (χ4v) is 2.49. The van der Waals surface area contributed by atoms with E-state index < -0.39 is 5.60 Å². The minimum absolute atomic E-state index is 0.194. The summed E-state index contributed by atoms with van der Waals surface area (Å²) in [4.78, 5) is 13.5. The van der Waals surface area contributed by atoms with Crippen LogP contribution in [0.1, 0.15) is 25.3 Å². The molecule has 2 amide bonds. The van der Waals surface area contributed by atoms with Gasteiger partial charge in [-0.2, -0.15) is 0 Å². The van der Waals surface area contributed by atoms with Gasteiger partial charge in [0, 0.05) is 10.7 Å². The fourth-order valence-electron chi connectivity index (χ4n) is 2.30. The second kappa shape index (κ2) is 5.39. The highest BCUT2D eigenvalue weighted by molar-refractivity contribution is 6.31. The minimum atomic E-state index is -0.697. The third-order valence-electron chi connectivity index (χ3n) is 3.40. The summed E-state index contributed by atoms with van der Waals surface area (Å²) in [6.45, 7) is 4.72. The molecule has 0 unspecified atom stereocenters. The number of hydrogen-bond acceptors (Lipinski definition) is 2. The van der Waals surface area contributed by atoms with E-state index in [0.717, 1.165) is 18.4 Å². The van der Waals surface area contributed by atoms with Gasteiger partial charge >= 0.3 is 6.03 Å². The summed E-state index contributed by atoms with van der Waals surface area (Å²) < 4.78 is 0. The van der Waals surface area contributed by atoms with Crippen molar-refractivity contribution < 1.29 is 9.90 Å². The van der Waals surface area contributed by atoms with Crippen molar-refractivity contribution in [1.82, 2.24) is 4.90 Å². The highest BCUT2D eigenvalue weighted by Gasteiger charge is 2.42. The van der Waals surface area contributed by atoms with Crippen molar-refractivity contribution in [1.29, 1.82) is 0 Å². The number of halogens is 1. The SMILES string of the molecule is CCCC1(O)CN(C(=O)Nc2ccc(C)c(Cl)c2)C1. The first-order valence-electron chi connectivity index (χ1n) is 6.48. The Kier molecular flexibility index (Phi) is 4.02. The zero-order valence-corrected chi connectivity index (χ0v) is 12.0. The van der Waals surface area contributed by atoms with Crippen LogP contribution in [0, 0.1) is 6.92 Å². The minimum Gasteiger partial charge on any atom is -0.386 e. The highest BCUT2D eigenvalue weighted by Crippen LogP contribution is 2.27. The van der Waals surface area contributed by atoms with Crippen LogP contribution in [-0.4, -0.2) is 34.7 Å². The molecule has 1 aromatic carbocycles. The lowest BCUT2D eigenvalue weighted by molar-refractivity contribution is -0.0792. The summed E-state index contributed by atoms with van der Waals surface area (Å²) in [5.41, 5.74) is 0.948. The molecule has 1 fully saturated rings. The number of hydrogen-bond donors (Lipinski definition) is 2. The second-order valence-electron chi connectivity index (χ2n) is 5.22. The summed E-state index contributed by atoms with van der Waals surface area (Å²) >= 11 is 6.01. The van der Waals surface area contributed by atoms with E-state index in [0.29, 0.717) is 23.8 Å². The molecule has 2 rings (SSSR count). The molecule has 4 nitrogen and oxygen atoms in total. The molecule has 1 heterocycles. The van der Waals surface area contributed by atoms with Gasteiger partial charge < -0.3 is 15.3 Å². The average molecular weight is 283 g/mol. The Morgan fingerprint density at radius 2 is 2.21 bits per heavy atom. The maximum atomic E-state index is 11.9. The molecule has 1 aromatic rings. The Balaban J connectivity index is 1.91. The number of carbonyl (C=O) groups is 1. The summed E-state index contributed by atoms with van der Waals surface area (Å²) in [6, 6.07) is 5.21. The number of likely N-dealkylation sites (tertiary alicyclic amines) is 1. The van der Waals surface area contributed by atoms with Gasteiger partial charge in [0.2, 0.25) is 0 Å². The van der Waals surface area contributed by atoms with Crippen molar-refractivity contribution in [3.8, 4) is 0 Å². The standard InChI is InChI=1S/C14H19ClN2O2/c1-3-6-14(19)8-17(9-14)13(18)16-11-5-4-10(2)12(15)7-11/h4-5,7,19H,3,6,8-9H2,1-2H3,(H,16,18). The van der Waals surface area contributed by atoms with Gasteiger partial charge in [-0.15, -0.1) is 0 Å². The normalized spacial score (nSPS) is 16.9. The number of amides is 2. The fraction of sp³-hybridized carbons (Fsp3) is 0.500. The van der Waals surface area contributed by atoms with E-state index in [2.05, 4.69) is 5.32 Å². The predicted molar refractivity (Wildman–Crippen MR) is 76.6 cm³/mol. The van der Waals surface area contributed by atoms with E-state index in [1.807, 2.05) is 26.0 Å². The van der Waals surface area contributed by atoms with Crippen molar-refractivity contribution in [2.45, 2.75) is 32.3 Å². The summed E-state index contributed by atoms with van der Waals surface area (Å²) in [5.74, 6) is 0. The first kappa shape index (κ1) is 14.2. The molecule has 5 heteroatoms. The van der Waals surface area contributed by atoms with E-state index in [9.17, 15) is 9.90 Å². The Hall–Kier alpha value is -1.26. The van der Waals surface area contributed by atoms with Crippen molar-refractivity contribution in [3.63, 3.8) is 0 Å². The van der Waals surface area contributed by atoms with Crippen LogP contribution in [0.4, 0.5) is 10.5 Å². The topological polar surface area (TPSA) is 52.6 Å². The van der Waals surface area contributed by atoms with E-state index in [1.54, 1.807) is 11.0 Å². The number of aliphatic hydroxyl groups is 1. The molecule has 1 aliphatic rings. The van der Waals surface area contributed by atoms with Gasteiger partial charge in [0.15, 0.2) is 0 Å². The number of nitrogens with zero attached hydrogens (tertiary/aromatic N) is 1. The molecule has 1 saturated heterocycles. The van der Waals surface area contributed by atoms with Gasteiger partial charge in [-0.3, -0.25) is 0 Å². The Labute approximate surface area is 118 Å². The first-order chi connectivity index (χ1) is 8.93. The van der Waals surface area contributed by atoms with Gasteiger partial charge in [-0.05, 0) is 31.0 Å². The highest BCUT2D eigenvalue weighted by atomic mass is 35.5. The number of urea groups is 1. The lowest BCUT2D eigenvalue weighted by Crippen LogP contribution is -2.64. The first-order valence-corrected chi connectivity index (χ1v) is 6.86. The Morgan fingerprint density at radius 1 is 1.53 bits per heavy atom. The lowest BCUT2D eigenvalue weighted by atomic mass is 9.90. The van der Waals surface area contributed by atoms with Crippen LogP contribution in [0.2, 0.25) is 5.02 Å². The van der Waals surface area contributed by atoms with Gasteiger partial charge in [0.05, 0.1) is 18.7 Å². The van der Waals surface area contributed by atoms with Crippen molar-refractivity contribution in [3.05, 3.63) is 28.8 Å². The quantitative estimate of drug-likeness (QED) is 0.895. The molecule has 0 spiro atoms. The van der Waals surface area contributed by atoms with Crippen molar-refractivity contribution in [2.75, 3.05) is 18.4 Å². The smallest absolute Gasteiger partial charge is 0.322 e. The third kappa shape index (κ3) is 3.19. The number of aryl methyl sites for hydroxylation is 1. The number of β-amino-alcohol motifs (C(OH)–C–C–N with tert-alkyl or cyclic N) is 1. The third-order valence-corrected chi connectivity index (χ3v) is 3.80. The molecular formula is C14H19ClN2O2. The number of rotatable bonds is 3. The van der Waals surface area contributed by atoms with Gasteiger partial charge in [-0.25, -0.2) is 4.79 Å². The summed E-state index contributed by atoms with van der Waals surface area (Å²) in [5, 5.41) is 13.4. The summed E-state index contributed by atoms with van der Waals surface area (Å²) in [6.07, 6.45) is 1.65. The number of benzene rings is 1. The van der Waals surface area contributed by atoms with Gasteiger partial charge in [-0.1, -0.05) is 31.0 Å². The molecule has 0 aliphatic carbocycles. The summed E-state index contributed by atoms with van der Waals surface area (Å²) in [7, 11) is 0. The van der Waals surface area contributed by atoms with Crippen LogP contribution in [0.5, 0.6) is 0 Å². The molecule has 0 saturated carbocycles. The number of carbonyl (C=O) groups excluding carboxylic acids is 1. The van der Waals surface area contributed by atoms with Crippen LogP contribution in [-0.2, 0) is 0 Å². The van der Waals surface area contributed by atoms with E-state index in [-0.39, 0.29) is 6.03 Å².